The van der Waals surface area contributed by atoms with Gasteiger partial charge < -0.3 is 18.4 Å². The zero-order valence-electron chi connectivity index (χ0n) is 19.3. The van der Waals surface area contributed by atoms with Gasteiger partial charge in [-0.1, -0.05) is 18.2 Å². The van der Waals surface area contributed by atoms with E-state index in [0.29, 0.717) is 18.5 Å². The van der Waals surface area contributed by atoms with Gasteiger partial charge in [0.15, 0.2) is 27.9 Å². The number of nitro benzene ring substituents is 1. The molecule has 0 fully saturated rings. The molecular weight excluding hydrogens is 488 g/mol. The molecule has 0 amide bonds. The third kappa shape index (κ3) is 3.62. The molecule has 3 heterocycles. The van der Waals surface area contributed by atoms with Crippen molar-refractivity contribution in [1.82, 2.24) is 4.90 Å². The topological polar surface area (TPSA) is 117 Å². The normalized spacial score (nSPS) is 18.1. The van der Waals surface area contributed by atoms with E-state index in [9.17, 15) is 18.5 Å². The van der Waals surface area contributed by atoms with Crippen LogP contribution < -0.4 is 18.4 Å². The standard InChI is InChI=1S/C25H22N2O8S/c1-32-21-7-6-15-10-20-17-12-23-22(33-14-34-23)11-16(17)8-9-26(20)13-18(15)25(21)35-36(30,31)24-5-3-2-4-19(24)27(28)29/h2-7,11-12,20H,8-10,13-14H2,1H3. The van der Waals surface area contributed by atoms with Crippen molar-refractivity contribution in [1.29, 1.82) is 0 Å². The summed E-state index contributed by atoms with van der Waals surface area (Å²) in [5.74, 6) is 1.80. The second-order valence-electron chi connectivity index (χ2n) is 8.84. The van der Waals surface area contributed by atoms with Crippen molar-refractivity contribution in [3.8, 4) is 23.0 Å². The molecule has 11 heteroatoms. The second kappa shape index (κ2) is 8.38. The van der Waals surface area contributed by atoms with Gasteiger partial charge in [-0.05, 0) is 53.8 Å². The van der Waals surface area contributed by atoms with Crippen molar-refractivity contribution in [3.63, 3.8) is 0 Å². The fourth-order valence-electron chi connectivity index (χ4n) is 5.22. The number of nitrogens with zero attached hydrogens (tertiary/aromatic N) is 2. The minimum Gasteiger partial charge on any atom is -0.493 e. The van der Waals surface area contributed by atoms with Gasteiger partial charge in [0, 0.05) is 30.8 Å². The fraction of sp³-hybridized carbons (Fsp3) is 0.280. The van der Waals surface area contributed by atoms with Crippen molar-refractivity contribution in [2.24, 2.45) is 0 Å². The molecule has 6 rings (SSSR count). The van der Waals surface area contributed by atoms with Crippen molar-refractivity contribution in [2.45, 2.75) is 30.3 Å². The molecule has 3 aliphatic rings. The summed E-state index contributed by atoms with van der Waals surface area (Å²) in [6.07, 6.45) is 1.44. The predicted molar refractivity (Wildman–Crippen MR) is 127 cm³/mol. The van der Waals surface area contributed by atoms with Crippen molar-refractivity contribution >= 4 is 15.8 Å². The van der Waals surface area contributed by atoms with E-state index in [4.69, 9.17) is 18.4 Å². The maximum absolute atomic E-state index is 13.2. The van der Waals surface area contributed by atoms with Crippen LogP contribution in [0.4, 0.5) is 5.69 Å². The number of methoxy groups -OCH3 is 1. The fourth-order valence-corrected chi connectivity index (χ4v) is 6.36. The highest BCUT2D eigenvalue weighted by atomic mass is 32.2. The van der Waals surface area contributed by atoms with E-state index in [1.807, 2.05) is 18.2 Å². The maximum atomic E-state index is 13.2. The zero-order chi connectivity index (χ0) is 25.0. The van der Waals surface area contributed by atoms with Crippen LogP contribution in [0.25, 0.3) is 0 Å². The lowest BCUT2D eigenvalue weighted by Gasteiger charge is -2.41. The number of fused-ring (bicyclic) bond motifs is 5. The Morgan fingerprint density at radius 1 is 1.08 bits per heavy atom. The summed E-state index contributed by atoms with van der Waals surface area (Å²) in [7, 11) is -3.08. The van der Waals surface area contributed by atoms with Gasteiger partial charge in [-0.15, -0.1) is 0 Å². The molecular formula is C25H22N2O8S. The molecule has 3 aromatic carbocycles. The Morgan fingerprint density at radius 3 is 2.64 bits per heavy atom. The van der Waals surface area contributed by atoms with E-state index >= 15 is 0 Å². The molecule has 1 atom stereocenters. The first-order valence-electron chi connectivity index (χ1n) is 11.4. The molecule has 3 aliphatic heterocycles. The predicted octanol–water partition coefficient (Wildman–Crippen LogP) is 3.76. The van der Waals surface area contributed by atoms with Gasteiger partial charge in [-0.2, -0.15) is 8.42 Å². The Morgan fingerprint density at radius 2 is 1.86 bits per heavy atom. The van der Waals surface area contributed by atoms with E-state index in [1.165, 1.54) is 30.4 Å². The third-order valence-electron chi connectivity index (χ3n) is 6.94. The summed E-state index contributed by atoms with van der Waals surface area (Å²) in [4.78, 5) is 12.5. The Labute approximate surface area is 207 Å². The number of rotatable bonds is 5. The summed E-state index contributed by atoms with van der Waals surface area (Å²) in [6, 6.07) is 12.9. The van der Waals surface area contributed by atoms with Gasteiger partial charge in [-0.3, -0.25) is 15.0 Å². The maximum Gasteiger partial charge on any atom is 0.346 e. The number of hydrogen-bond acceptors (Lipinski definition) is 9. The van der Waals surface area contributed by atoms with Gasteiger partial charge >= 0.3 is 10.1 Å². The van der Waals surface area contributed by atoms with Crippen LogP contribution in [0.1, 0.15) is 28.3 Å². The number of benzene rings is 3. The summed E-state index contributed by atoms with van der Waals surface area (Å²) in [5.41, 5.74) is 3.45. The van der Waals surface area contributed by atoms with Gasteiger partial charge in [0.2, 0.25) is 6.79 Å². The van der Waals surface area contributed by atoms with Crippen LogP contribution in [0, 0.1) is 10.1 Å². The number of para-hydroxylation sites is 1. The van der Waals surface area contributed by atoms with Crippen LogP contribution in [-0.4, -0.2) is 38.7 Å². The van der Waals surface area contributed by atoms with Crippen LogP contribution in [0.5, 0.6) is 23.0 Å². The molecule has 0 N–H and O–H groups in total. The van der Waals surface area contributed by atoms with E-state index < -0.39 is 25.6 Å². The molecule has 0 saturated carbocycles. The first-order valence-corrected chi connectivity index (χ1v) is 12.8. The summed E-state index contributed by atoms with van der Waals surface area (Å²) in [6.45, 7) is 1.42. The Bertz CT molecular complexity index is 1500. The molecule has 0 aliphatic carbocycles. The van der Waals surface area contributed by atoms with Crippen LogP contribution in [0.2, 0.25) is 0 Å². The molecule has 0 radical (unpaired) electrons. The molecule has 186 valence electrons. The summed E-state index contributed by atoms with van der Waals surface area (Å²) >= 11 is 0. The number of ether oxygens (including phenoxy) is 3. The van der Waals surface area contributed by atoms with Gasteiger partial charge in [0.25, 0.3) is 5.69 Å². The Hall–Kier alpha value is -3.83. The van der Waals surface area contributed by atoms with Gasteiger partial charge in [0.1, 0.15) is 0 Å². The van der Waals surface area contributed by atoms with Crippen LogP contribution in [-0.2, 0) is 29.5 Å². The lowest BCUT2D eigenvalue weighted by Crippen LogP contribution is -2.39. The Balaban J connectivity index is 1.39. The highest BCUT2D eigenvalue weighted by molar-refractivity contribution is 7.87. The van der Waals surface area contributed by atoms with Gasteiger partial charge in [0.05, 0.1) is 12.0 Å². The second-order valence-corrected chi connectivity index (χ2v) is 10.4. The third-order valence-corrected chi connectivity index (χ3v) is 8.21. The van der Waals surface area contributed by atoms with Crippen molar-refractivity contribution in [2.75, 3.05) is 20.4 Å². The molecule has 0 bridgehead atoms. The lowest BCUT2D eigenvalue weighted by molar-refractivity contribution is -0.387. The number of hydrogen-bond donors (Lipinski definition) is 0. The van der Waals surface area contributed by atoms with Gasteiger partial charge in [-0.25, -0.2) is 0 Å². The highest BCUT2D eigenvalue weighted by Gasteiger charge is 2.37. The Kier molecular flexibility index (Phi) is 5.27. The van der Waals surface area contributed by atoms with Crippen molar-refractivity contribution < 1.29 is 31.7 Å². The van der Waals surface area contributed by atoms with Crippen LogP contribution in [0.15, 0.2) is 53.4 Å². The summed E-state index contributed by atoms with van der Waals surface area (Å²) < 4.78 is 48.6. The largest absolute Gasteiger partial charge is 0.493 e. The van der Waals surface area contributed by atoms with E-state index in [2.05, 4.69) is 4.90 Å². The first-order chi connectivity index (χ1) is 17.4. The van der Waals surface area contributed by atoms with Crippen molar-refractivity contribution in [3.05, 3.63) is 80.9 Å². The molecule has 0 aromatic heterocycles. The van der Waals surface area contributed by atoms with E-state index in [-0.39, 0.29) is 24.3 Å². The first kappa shape index (κ1) is 22.6. The minimum atomic E-state index is -4.51. The molecule has 0 saturated heterocycles. The number of nitro groups is 1. The molecule has 1 unspecified atom stereocenters. The van der Waals surface area contributed by atoms with Crippen LogP contribution >= 0.6 is 0 Å². The smallest absolute Gasteiger partial charge is 0.346 e. The summed E-state index contributed by atoms with van der Waals surface area (Å²) in [5, 5.41) is 11.4. The average molecular weight is 511 g/mol. The minimum absolute atomic E-state index is 0.0584. The molecule has 10 nitrogen and oxygen atoms in total. The average Bonchev–Trinajstić information content (AvgIpc) is 3.34. The molecule has 0 spiro atoms. The van der Waals surface area contributed by atoms with E-state index in [0.717, 1.165) is 42.2 Å². The zero-order valence-corrected chi connectivity index (χ0v) is 20.1. The highest BCUT2D eigenvalue weighted by Crippen LogP contribution is 2.47. The molecule has 36 heavy (non-hydrogen) atoms. The molecule has 3 aromatic rings. The monoisotopic (exact) mass is 510 g/mol. The quantitative estimate of drug-likeness (QED) is 0.287. The van der Waals surface area contributed by atoms with E-state index in [1.54, 1.807) is 6.07 Å². The van der Waals surface area contributed by atoms with Crippen LogP contribution in [0.3, 0.4) is 0 Å². The SMILES string of the molecule is COc1ccc2c(c1OS(=O)(=O)c1ccccc1[N+](=O)[O-])CN1CCc3cc4c(cc3C1C2)OCO4. The lowest BCUT2D eigenvalue weighted by atomic mass is 9.83.